The Morgan fingerprint density at radius 2 is 2.04 bits per heavy atom. The fourth-order valence-electron chi connectivity index (χ4n) is 3.76. The lowest BCUT2D eigenvalue weighted by Crippen LogP contribution is -2.42. The molecule has 2 amide bonds. The van der Waals surface area contributed by atoms with Crippen LogP contribution in [0.3, 0.4) is 0 Å². The summed E-state index contributed by atoms with van der Waals surface area (Å²) in [6, 6.07) is 5.58. The molecule has 8 heteroatoms. The molecule has 2 fully saturated rings. The van der Waals surface area contributed by atoms with E-state index in [2.05, 4.69) is 15.2 Å². The molecule has 3 N–H and O–H groups in total. The maximum atomic E-state index is 11.0. The molecule has 0 atom stereocenters. The third-order valence-corrected chi connectivity index (χ3v) is 5.18. The van der Waals surface area contributed by atoms with E-state index >= 15 is 0 Å². The molecule has 0 radical (unpaired) electrons. The summed E-state index contributed by atoms with van der Waals surface area (Å²) in [6.45, 7) is 3.04. The van der Waals surface area contributed by atoms with Crippen molar-refractivity contribution in [2.75, 3.05) is 31.2 Å². The molecule has 2 aromatic heterocycles. The zero-order valence-corrected chi connectivity index (χ0v) is 15.3. The SMILES string of the molecule is NC(=O)NC1CCC(Oc2nc(N3CCOCC3)cc3ncccc23)CC1. The van der Waals surface area contributed by atoms with Gasteiger partial charge in [-0.15, -0.1) is 0 Å². The molecule has 0 spiro atoms. The van der Waals surface area contributed by atoms with Gasteiger partial charge in [0.05, 0.1) is 24.1 Å². The maximum absolute atomic E-state index is 11.0. The number of ether oxygens (including phenoxy) is 2. The van der Waals surface area contributed by atoms with Gasteiger partial charge in [0.15, 0.2) is 0 Å². The summed E-state index contributed by atoms with van der Waals surface area (Å²) in [5.74, 6) is 1.51. The number of hydrogen-bond acceptors (Lipinski definition) is 6. The second-order valence-corrected chi connectivity index (χ2v) is 7.06. The normalized spacial score (nSPS) is 23.2. The summed E-state index contributed by atoms with van der Waals surface area (Å²) in [7, 11) is 0. The smallest absolute Gasteiger partial charge is 0.312 e. The average molecular weight is 371 g/mol. The predicted octanol–water partition coefficient (Wildman–Crippen LogP) is 1.82. The number of pyridine rings is 2. The molecule has 0 unspecified atom stereocenters. The summed E-state index contributed by atoms with van der Waals surface area (Å²) in [6.07, 6.45) is 5.29. The van der Waals surface area contributed by atoms with Crippen LogP contribution in [0.25, 0.3) is 10.9 Å². The van der Waals surface area contributed by atoms with Gasteiger partial charge in [-0.2, -0.15) is 4.98 Å². The van der Waals surface area contributed by atoms with Crippen LogP contribution in [0.4, 0.5) is 10.6 Å². The molecule has 144 valence electrons. The van der Waals surface area contributed by atoms with Crippen molar-refractivity contribution in [3.8, 4) is 5.88 Å². The first-order valence-corrected chi connectivity index (χ1v) is 9.50. The first-order chi connectivity index (χ1) is 13.2. The lowest BCUT2D eigenvalue weighted by Gasteiger charge is -2.30. The predicted molar refractivity (Wildman–Crippen MR) is 102 cm³/mol. The van der Waals surface area contributed by atoms with E-state index in [1.54, 1.807) is 6.20 Å². The summed E-state index contributed by atoms with van der Waals surface area (Å²) in [5, 5.41) is 3.71. The van der Waals surface area contributed by atoms with Crippen LogP contribution in [0, 0.1) is 0 Å². The zero-order chi connectivity index (χ0) is 18.6. The van der Waals surface area contributed by atoms with Crippen LogP contribution in [0.5, 0.6) is 5.88 Å². The van der Waals surface area contributed by atoms with Crippen molar-refractivity contribution in [3.05, 3.63) is 24.4 Å². The third-order valence-electron chi connectivity index (χ3n) is 5.18. The lowest BCUT2D eigenvalue weighted by atomic mass is 9.93. The number of nitrogens with one attached hydrogen (secondary N) is 1. The summed E-state index contributed by atoms with van der Waals surface area (Å²) in [5.41, 5.74) is 6.10. The second-order valence-electron chi connectivity index (χ2n) is 7.06. The molecule has 2 aliphatic rings. The number of morpholine rings is 1. The first-order valence-electron chi connectivity index (χ1n) is 9.50. The minimum atomic E-state index is -0.462. The highest BCUT2D eigenvalue weighted by atomic mass is 16.5. The number of hydrogen-bond donors (Lipinski definition) is 2. The molecule has 0 aromatic carbocycles. The molecule has 8 nitrogen and oxygen atoms in total. The number of rotatable bonds is 4. The van der Waals surface area contributed by atoms with Crippen molar-refractivity contribution in [3.63, 3.8) is 0 Å². The fourth-order valence-corrected chi connectivity index (χ4v) is 3.76. The number of fused-ring (bicyclic) bond motifs is 1. The summed E-state index contributed by atoms with van der Waals surface area (Å²) >= 11 is 0. The quantitative estimate of drug-likeness (QED) is 0.850. The van der Waals surface area contributed by atoms with Gasteiger partial charge in [-0.3, -0.25) is 4.98 Å². The fraction of sp³-hybridized carbons (Fsp3) is 0.526. The van der Waals surface area contributed by atoms with E-state index in [0.717, 1.165) is 55.5 Å². The number of nitrogens with two attached hydrogens (primary N) is 1. The number of carbonyl (C=O) groups excluding carboxylic acids is 1. The van der Waals surface area contributed by atoms with Crippen LogP contribution in [0.15, 0.2) is 24.4 Å². The second kappa shape index (κ2) is 7.96. The van der Waals surface area contributed by atoms with Crippen molar-refractivity contribution in [2.24, 2.45) is 5.73 Å². The van der Waals surface area contributed by atoms with E-state index in [1.165, 1.54) is 0 Å². The molecule has 1 aliphatic heterocycles. The Bertz CT molecular complexity index is 801. The van der Waals surface area contributed by atoms with Gasteiger partial charge >= 0.3 is 6.03 Å². The van der Waals surface area contributed by atoms with E-state index in [9.17, 15) is 4.79 Å². The first kappa shape index (κ1) is 17.8. The Balaban J connectivity index is 1.53. The third kappa shape index (κ3) is 4.21. The van der Waals surface area contributed by atoms with Gasteiger partial charge in [0.25, 0.3) is 0 Å². The Kier molecular flexibility index (Phi) is 5.24. The van der Waals surface area contributed by atoms with Gasteiger partial charge in [-0.1, -0.05) is 0 Å². The van der Waals surface area contributed by atoms with E-state index < -0.39 is 6.03 Å². The van der Waals surface area contributed by atoms with E-state index in [1.807, 2.05) is 18.2 Å². The number of nitrogens with zero attached hydrogens (tertiary/aromatic N) is 3. The highest BCUT2D eigenvalue weighted by molar-refractivity contribution is 5.85. The number of primary amides is 1. The van der Waals surface area contributed by atoms with Crippen LogP contribution in [-0.2, 0) is 4.74 Å². The van der Waals surface area contributed by atoms with Gasteiger partial charge in [0, 0.05) is 31.4 Å². The summed E-state index contributed by atoms with van der Waals surface area (Å²) in [4.78, 5) is 22.5. The van der Waals surface area contributed by atoms with Crippen molar-refractivity contribution in [1.29, 1.82) is 0 Å². The van der Waals surface area contributed by atoms with Crippen molar-refractivity contribution in [1.82, 2.24) is 15.3 Å². The molecule has 1 saturated carbocycles. The van der Waals surface area contributed by atoms with Crippen molar-refractivity contribution >= 4 is 22.8 Å². The van der Waals surface area contributed by atoms with Crippen LogP contribution in [0.1, 0.15) is 25.7 Å². The van der Waals surface area contributed by atoms with Gasteiger partial charge in [0.1, 0.15) is 11.9 Å². The topological polar surface area (TPSA) is 103 Å². The molecule has 0 bridgehead atoms. The Morgan fingerprint density at radius 3 is 2.78 bits per heavy atom. The molecule has 1 saturated heterocycles. The van der Waals surface area contributed by atoms with Crippen LogP contribution in [0.2, 0.25) is 0 Å². The Morgan fingerprint density at radius 1 is 1.26 bits per heavy atom. The van der Waals surface area contributed by atoms with E-state index in [4.69, 9.17) is 20.2 Å². The number of anilines is 1. The average Bonchev–Trinajstić information content (AvgIpc) is 2.70. The molecule has 4 rings (SSSR count). The van der Waals surface area contributed by atoms with Crippen LogP contribution in [-0.4, -0.2) is 54.4 Å². The Hall–Kier alpha value is -2.61. The summed E-state index contributed by atoms with van der Waals surface area (Å²) < 4.78 is 11.7. The number of carbonyl (C=O) groups is 1. The van der Waals surface area contributed by atoms with Crippen molar-refractivity contribution < 1.29 is 14.3 Å². The highest BCUT2D eigenvalue weighted by Gasteiger charge is 2.25. The van der Waals surface area contributed by atoms with Crippen LogP contribution >= 0.6 is 0 Å². The monoisotopic (exact) mass is 371 g/mol. The zero-order valence-electron chi connectivity index (χ0n) is 15.3. The van der Waals surface area contributed by atoms with E-state index in [0.29, 0.717) is 19.1 Å². The molecular weight excluding hydrogens is 346 g/mol. The molecule has 1 aliphatic carbocycles. The number of urea groups is 1. The van der Waals surface area contributed by atoms with Gasteiger partial charge in [-0.25, -0.2) is 4.79 Å². The van der Waals surface area contributed by atoms with Gasteiger partial charge in [0.2, 0.25) is 5.88 Å². The largest absolute Gasteiger partial charge is 0.474 e. The minimum absolute atomic E-state index is 0.0757. The standard InChI is InChI=1S/C19H25N5O3/c20-19(25)22-13-3-5-14(6-4-13)27-18-15-2-1-7-21-16(15)12-17(23-18)24-8-10-26-11-9-24/h1-2,7,12-14H,3-6,8-11H2,(H3,20,22,25). The highest BCUT2D eigenvalue weighted by Crippen LogP contribution is 2.30. The maximum Gasteiger partial charge on any atom is 0.312 e. The molecular formula is C19H25N5O3. The lowest BCUT2D eigenvalue weighted by molar-refractivity contribution is 0.121. The van der Waals surface area contributed by atoms with Gasteiger partial charge < -0.3 is 25.4 Å². The number of aromatic nitrogens is 2. The van der Waals surface area contributed by atoms with Crippen molar-refractivity contribution in [2.45, 2.75) is 37.8 Å². The molecule has 3 heterocycles. The number of amides is 2. The minimum Gasteiger partial charge on any atom is -0.474 e. The van der Waals surface area contributed by atoms with Crippen LogP contribution < -0.4 is 20.7 Å². The molecule has 27 heavy (non-hydrogen) atoms. The molecule has 2 aromatic rings. The Labute approximate surface area is 158 Å². The van der Waals surface area contributed by atoms with E-state index in [-0.39, 0.29) is 12.1 Å². The van der Waals surface area contributed by atoms with Gasteiger partial charge in [-0.05, 0) is 37.8 Å².